The van der Waals surface area contributed by atoms with Gasteiger partial charge in [0.2, 0.25) is 0 Å². The van der Waals surface area contributed by atoms with Gasteiger partial charge in [0.05, 0.1) is 0 Å². The van der Waals surface area contributed by atoms with E-state index in [2.05, 4.69) is 24.5 Å². The van der Waals surface area contributed by atoms with Crippen LogP contribution in [0, 0.1) is 0 Å². The lowest BCUT2D eigenvalue weighted by Crippen LogP contribution is -2.42. The van der Waals surface area contributed by atoms with E-state index in [-0.39, 0.29) is 6.23 Å². The van der Waals surface area contributed by atoms with Gasteiger partial charge in [-0.15, -0.1) is 0 Å². The summed E-state index contributed by atoms with van der Waals surface area (Å²) in [6, 6.07) is 0.335. The number of aliphatic hydroxyl groups is 1. The van der Waals surface area contributed by atoms with Gasteiger partial charge < -0.3 is 10.4 Å². The Balaban J connectivity index is 3.10. The first-order chi connectivity index (χ1) is 11.2. The van der Waals surface area contributed by atoms with Crippen LogP contribution in [0.2, 0.25) is 0 Å². The molecule has 0 aromatic rings. The Bertz CT molecular complexity index is 224. The minimum atomic E-state index is -0.363. The van der Waals surface area contributed by atoms with Crippen LogP contribution < -0.4 is 10.6 Å². The molecule has 0 aromatic carbocycles. The van der Waals surface area contributed by atoms with Gasteiger partial charge in [-0.05, 0) is 26.3 Å². The van der Waals surface area contributed by atoms with Gasteiger partial charge in [0, 0.05) is 12.6 Å². The van der Waals surface area contributed by atoms with Crippen molar-refractivity contribution in [1.82, 2.24) is 10.6 Å². The van der Waals surface area contributed by atoms with Crippen molar-refractivity contribution >= 4 is 0 Å². The lowest BCUT2D eigenvalue weighted by Gasteiger charge is -2.18. The van der Waals surface area contributed by atoms with Crippen LogP contribution in [0.1, 0.15) is 104 Å². The summed E-state index contributed by atoms with van der Waals surface area (Å²) in [6.45, 7) is 8.43. The molecule has 0 aliphatic heterocycles. The third kappa shape index (κ3) is 18.1. The van der Waals surface area contributed by atoms with Crippen molar-refractivity contribution in [2.24, 2.45) is 0 Å². The number of rotatable bonds is 18. The molecule has 0 aliphatic carbocycles. The summed E-state index contributed by atoms with van der Waals surface area (Å²) in [5.41, 5.74) is 0. The molecule has 0 fully saturated rings. The van der Waals surface area contributed by atoms with Gasteiger partial charge in [-0.2, -0.15) is 0 Å². The molecule has 23 heavy (non-hydrogen) atoms. The topological polar surface area (TPSA) is 44.3 Å². The Labute approximate surface area is 146 Å². The first-order valence-corrected chi connectivity index (χ1v) is 10.4. The maximum absolute atomic E-state index is 9.50. The van der Waals surface area contributed by atoms with Crippen LogP contribution in [0.3, 0.4) is 0 Å². The van der Waals surface area contributed by atoms with Gasteiger partial charge in [-0.3, -0.25) is 5.32 Å². The Kier molecular flexibility index (Phi) is 18.1. The molecule has 3 N–H and O–H groups in total. The quantitative estimate of drug-likeness (QED) is 0.245. The number of nitrogens with one attached hydrogen (secondary N) is 2. The Morgan fingerprint density at radius 3 is 1.70 bits per heavy atom. The van der Waals surface area contributed by atoms with E-state index in [9.17, 15) is 5.11 Å². The van der Waals surface area contributed by atoms with Crippen LogP contribution in [0.15, 0.2) is 0 Å². The van der Waals surface area contributed by atoms with Crippen LogP contribution in [-0.4, -0.2) is 30.5 Å². The predicted octanol–water partition coefficient (Wildman–Crippen LogP) is 4.98. The molecule has 0 amide bonds. The lowest BCUT2D eigenvalue weighted by atomic mass is 10.1. The second-order valence-electron chi connectivity index (χ2n) is 7.08. The molecular formula is C20H44N2O. The summed E-state index contributed by atoms with van der Waals surface area (Å²) in [5.74, 6) is 0. The molecule has 0 saturated heterocycles. The molecule has 0 aliphatic rings. The minimum Gasteiger partial charge on any atom is -0.379 e. The summed E-state index contributed by atoms with van der Waals surface area (Å²) in [4.78, 5) is 0. The largest absolute Gasteiger partial charge is 0.379 e. The zero-order valence-electron chi connectivity index (χ0n) is 16.2. The molecule has 2 unspecified atom stereocenters. The molecule has 0 rings (SSSR count). The fourth-order valence-electron chi connectivity index (χ4n) is 2.91. The maximum Gasteiger partial charge on any atom is 0.104 e. The van der Waals surface area contributed by atoms with Gasteiger partial charge in [-0.25, -0.2) is 0 Å². The first-order valence-electron chi connectivity index (χ1n) is 10.4. The van der Waals surface area contributed by atoms with E-state index < -0.39 is 0 Å². The van der Waals surface area contributed by atoms with Crippen molar-refractivity contribution in [2.75, 3.05) is 13.1 Å². The highest BCUT2D eigenvalue weighted by molar-refractivity contribution is 4.65. The van der Waals surface area contributed by atoms with E-state index in [1.165, 1.54) is 77.0 Å². The smallest absolute Gasteiger partial charge is 0.104 e. The zero-order chi connectivity index (χ0) is 17.2. The molecule has 3 heteroatoms. The average Bonchev–Trinajstić information content (AvgIpc) is 2.55. The second-order valence-corrected chi connectivity index (χ2v) is 7.08. The van der Waals surface area contributed by atoms with Crippen LogP contribution in [-0.2, 0) is 0 Å². The predicted molar refractivity (Wildman–Crippen MR) is 103 cm³/mol. The molecule has 0 saturated carbocycles. The Hall–Kier alpha value is -0.120. The minimum absolute atomic E-state index is 0.335. The highest BCUT2D eigenvalue weighted by Crippen LogP contribution is 2.11. The summed E-state index contributed by atoms with van der Waals surface area (Å²) >= 11 is 0. The van der Waals surface area contributed by atoms with E-state index >= 15 is 0 Å². The van der Waals surface area contributed by atoms with Gasteiger partial charge in [0.25, 0.3) is 0 Å². The van der Waals surface area contributed by atoms with Crippen LogP contribution in [0.25, 0.3) is 0 Å². The number of aliphatic hydroxyl groups excluding tert-OH is 1. The molecule has 2 atom stereocenters. The van der Waals surface area contributed by atoms with Crippen molar-refractivity contribution in [1.29, 1.82) is 0 Å². The fraction of sp³-hybridized carbons (Fsp3) is 1.00. The normalized spacial score (nSPS) is 14.1. The molecule has 0 bridgehead atoms. The van der Waals surface area contributed by atoms with Gasteiger partial charge in [-0.1, -0.05) is 84.5 Å². The van der Waals surface area contributed by atoms with E-state index in [1.54, 1.807) is 0 Å². The third-order valence-corrected chi connectivity index (χ3v) is 4.52. The van der Waals surface area contributed by atoms with Gasteiger partial charge in [0.15, 0.2) is 0 Å². The number of unbranched alkanes of at least 4 members (excludes halogenated alkanes) is 11. The monoisotopic (exact) mass is 328 g/mol. The lowest BCUT2D eigenvalue weighted by molar-refractivity contribution is 0.120. The van der Waals surface area contributed by atoms with Crippen molar-refractivity contribution < 1.29 is 5.11 Å². The highest BCUT2D eigenvalue weighted by atomic mass is 16.3. The SMILES string of the molecule is CCCCCCCCCCCCCCNCC(C)NC(O)CC. The van der Waals surface area contributed by atoms with Crippen molar-refractivity contribution in [2.45, 2.75) is 117 Å². The third-order valence-electron chi connectivity index (χ3n) is 4.52. The van der Waals surface area contributed by atoms with Crippen molar-refractivity contribution in [3.05, 3.63) is 0 Å². The van der Waals surface area contributed by atoms with E-state index in [0.717, 1.165) is 19.5 Å². The van der Waals surface area contributed by atoms with Gasteiger partial charge >= 0.3 is 0 Å². The Morgan fingerprint density at radius 2 is 1.22 bits per heavy atom. The van der Waals surface area contributed by atoms with E-state index in [0.29, 0.717) is 6.04 Å². The second kappa shape index (κ2) is 18.2. The van der Waals surface area contributed by atoms with Crippen molar-refractivity contribution in [3.8, 4) is 0 Å². The molecule has 0 spiro atoms. The molecule has 0 radical (unpaired) electrons. The number of hydrogen-bond donors (Lipinski definition) is 3. The standard InChI is InChI=1S/C20H44N2O/c1-4-6-7-8-9-10-11-12-13-14-15-16-17-21-18-19(3)22-20(23)5-2/h19-23H,4-18H2,1-3H3. The summed E-state index contributed by atoms with van der Waals surface area (Å²) in [6.07, 6.45) is 17.2. The van der Waals surface area contributed by atoms with Crippen LogP contribution in [0.5, 0.6) is 0 Å². The van der Waals surface area contributed by atoms with Gasteiger partial charge in [0.1, 0.15) is 6.23 Å². The molecule has 0 aromatic heterocycles. The summed E-state index contributed by atoms with van der Waals surface area (Å²) < 4.78 is 0. The fourth-order valence-corrected chi connectivity index (χ4v) is 2.91. The zero-order valence-corrected chi connectivity index (χ0v) is 16.2. The number of hydrogen-bond acceptors (Lipinski definition) is 3. The Morgan fingerprint density at radius 1 is 0.739 bits per heavy atom. The first kappa shape index (κ1) is 22.9. The van der Waals surface area contributed by atoms with Crippen LogP contribution >= 0.6 is 0 Å². The maximum atomic E-state index is 9.50. The molecule has 3 nitrogen and oxygen atoms in total. The molecule has 0 heterocycles. The molecule has 140 valence electrons. The molecular weight excluding hydrogens is 284 g/mol. The van der Waals surface area contributed by atoms with E-state index in [1.807, 2.05) is 6.92 Å². The summed E-state index contributed by atoms with van der Waals surface area (Å²) in [7, 11) is 0. The highest BCUT2D eigenvalue weighted by Gasteiger charge is 2.05. The van der Waals surface area contributed by atoms with Crippen molar-refractivity contribution in [3.63, 3.8) is 0 Å². The van der Waals surface area contributed by atoms with E-state index in [4.69, 9.17) is 0 Å². The average molecular weight is 329 g/mol. The summed E-state index contributed by atoms with van der Waals surface area (Å²) in [5, 5.41) is 16.2. The van der Waals surface area contributed by atoms with Crippen LogP contribution in [0.4, 0.5) is 0 Å².